The minimum Gasteiger partial charge on any atom is -0.334 e. The van der Waals surface area contributed by atoms with E-state index >= 15 is 0 Å². The van der Waals surface area contributed by atoms with Crippen LogP contribution in [0, 0.1) is 0 Å². The zero-order chi connectivity index (χ0) is 14.0. The van der Waals surface area contributed by atoms with Crippen molar-refractivity contribution in [1.29, 1.82) is 0 Å². The third-order valence-corrected chi connectivity index (χ3v) is 4.24. The summed E-state index contributed by atoms with van der Waals surface area (Å²) >= 11 is 12.0. The van der Waals surface area contributed by atoms with Crippen LogP contribution in [0.4, 0.5) is 0 Å². The summed E-state index contributed by atoms with van der Waals surface area (Å²) < 4.78 is 0. The maximum atomic E-state index is 12.1. The predicted molar refractivity (Wildman–Crippen MR) is 78.4 cm³/mol. The van der Waals surface area contributed by atoms with Crippen molar-refractivity contribution in [2.75, 3.05) is 6.54 Å². The largest absolute Gasteiger partial charge is 0.334 e. The minimum absolute atomic E-state index is 0.0542. The third-order valence-electron chi connectivity index (χ3n) is 3.50. The van der Waals surface area contributed by atoms with E-state index in [1.54, 1.807) is 6.07 Å². The van der Waals surface area contributed by atoms with E-state index in [0.29, 0.717) is 22.9 Å². The van der Waals surface area contributed by atoms with E-state index in [1.165, 1.54) is 0 Å². The number of carbonyl (C=O) groups is 1. The van der Waals surface area contributed by atoms with Crippen LogP contribution < -0.4 is 5.73 Å². The zero-order valence-corrected chi connectivity index (χ0v) is 12.4. The number of halogens is 2. The van der Waals surface area contributed by atoms with Crippen LogP contribution in [-0.2, 0) is 4.79 Å². The van der Waals surface area contributed by atoms with Crippen molar-refractivity contribution < 1.29 is 4.79 Å². The third kappa shape index (κ3) is 3.04. The second kappa shape index (κ2) is 6.12. The van der Waals surface area contributed by atoms with E-state index in [0.717, 1.165) is 18.5 Å². The van der Waals surface area contributed by atoms with E-state index in [1.807, 2.05) is 17.0 Å². The first kappa shape index (κ1) is 14.6. The normalized spacial score (nSPS) is 23.8. The standard InChI is InChI=1S/C14H18Cl2N2O/c1-2-7-18-13(19)6-5-12(17)14(18)9-3-4-10(15)11(16)8-9/h3-4,8,12,14H,2,5-7,17H2,1H3. The van der Waals surface area contributed by atoms with Gasteiger partial charge >= 0.3 is 0 Å². The van der Waals surface area contributed by atoms with Crippen molar-refractivity contribution in [3.8, 4) is 0 Å². The topological polar surface area (TPSA) is 46.3 Å². The SMILES string of the molecule is CCCN1C(=O)CCC(N)C1c1ccc(Cl)c(Cl)c1. The van der Waals surface area contributed by atoms with E-state index in [9.17, 15) is 4.79 Å². The molecule has 1 saturated heterocycles. The van der Waals surface area contributed by atoms with Gasteiger partial charge in [0.2, 0.25) is 5.91 Å². The lowest BCUT2D eigenvalue weighted by Crippen LogP contribution is -2.49. The number of nitrogens with two attached hydrogens (primary N) is 1. The van der Waals surface area contributed by atoms with Gasteiger partial charge in [0.25, 0.3) is 0 Å². The summed E-state index contributed by atoms with van der Waals surface area (Å²) in [6.45, 7) is 2.77. The lowest BCUT2D eigenvalue weighted by molar-refractivity contribution is -0.137. The number of piperidine rings is 1. The number of carbonyl (C=O) groups excluding carboxylic acids is 1. The smallest absolute Gasteiger partial charge is 0.223 e. The first-order valence-electron chi connectivity index (χ1n) is 6.54. The number of hydrogen-bond acceptors (Lipinski definition) is 2. The molecule has 1 aromatic rings. The average molecular weight is 301 g/mol. The van der Waals surface area contributed by atoms with Crippen LogP contribution in [0.2, 0.25) is 10.0 Å². The Morgan fingerprint density at radius 3 is 2.74 bits per heavy atom. The first-order valence-corrected chi connectivity index (χ1v) is 7.30. The molecule has 0 spiro atoms. The van der Waals surface area contributed by atoms with Gasteiger partial charge in [0.15, 0.2) is 0 Å². The van der Waals surface area contributed by atoms with Crippen molar-refractivity contribution in [2.24, 2.45) is 5.73 Å². The Morgan fingerprint density at radius 2 is 2.11 bits per heavy atom. The lowest BCUT2D eigenvalue weighted by atomic mass is 9.90. The van der Waals surface area contributed by atoms with Gasteiger partial charge in [0, 0.05) is 19.0 Å². The van der Waals surface area contributed by atoms with Crippen LogP contribution in [0.5, 0.6) is 0 Å². The Labute approximate surface area is 123 Å². The van der Waals surface area contributed by atoms with Crippen LogP contribution in [0.15, 0.2) is 18.2 Å². The summed E-state index contributed by atoms with van der Waals surface area (Å²) in [5.41, 5.74) is 7.17. The first-order chi connectivity index (χ1) is 9.04. The van der Waals surface area contributed by atoms with Gasteiger partial charge in [-0.2, -0.15) is 0 Å². The highest BCUT2D eigenvalue weighted by molar-refractivity contribution is 6.42. The highest BCUT2D eigenvalue weighted by Gasteiger charge is 2.34. The molecule has 1 aliphatic rings. The molecule has 0 saturated carbocycles. The van der Waals surface area contributed by atoms with Crippen molar-refractivity contribution in [1.82, 2.24) is 4.90 Å². The van der Waals surface area contributed by atoms with Crippen molar-refractivity contribution >= 4 is 29.1 Å². The highest BCUT2D eigenvalue weighted by Crippen LogP contribution is 2.34. The van der Waals surface area contributed by atoms with Gasteiger partial charge in [-0.15, -0.1) is 0 Å². The van der Waals surface area contributed by atoms with Crippen LogP contribution >= 0.6 is 23.2 Å². The van der Waals surface area contributed by atoms with Gasteiger partial charge < -0.3 is 10.6 Å². The van der Waals surface area contributed by atoms with Crippen LogP contribution in [-0.4, -0.2) is 23.4 Å². The fraction of sp³-hybridized carbons (Fsp3) is 0.500. The molecule has 3 nitrogen and oxygen atoms in total. The highest BCUT2D eigenvalue weighted by atomic mass is 35.5. The molecule has 19 heavy (non-hydrogen) atoms. The van der Waals surface area contributed by atoms with Gasteiger partial charge in [-0.1, -0.05) is 36.2 Å². The molecule has 0 bridgehead atoms. The van der Waals surface area contributed by atoms with Gasteiger partial charge in [0.05, 0.1) is 16.1 Å². The summed E-state index contributed by atoms with van der Waals surface area (Å²) in [5.74, 6) is 0.166. The number of nitrogens with zero attached hydrogens (tertiary/aromatic N) is 1. The van der Waals surface area contributed by atoms with Crippen LogP contribution in [0.1, 0.15) is 37.8 Å². The molecule has 5 heteroatoms. The Bertz CT molecular complexity index is 479. The summed E-state index contributed by atoms with van der Waals surface area (Å²) in [7, 11) is 0. The van der Waals surface area contributed by atoms with Gasteiger partial charge in [-0.05, 0) is 30.5 Å². The van der Waals surface area contributed by atoms with E-state index < -0.39 is 0 Å². The van der Waals surface area contributed by atoms with Crippen LogP contribution in [0.25, 0.3) is 0 Å². The number of hydrogen-bond donors (Lipinski definition) is 1. The molecule has 1 aliphatic heterocycles. The molecule has 1 fully saturated rings. The van der Waals surface area contributed by atoms with Crippen molar-refractivity contribution in [2.45, 2.75) is 38.3 Å². The molecular formula is C14H18Cl2N2O. The maximum absolute atomic E-state index is 12.1. The Kier molecular flexibility index (Phi) is 4.71. The molecule has 1 amide bonds. The molecule has 2 atom stereocenters. The number of rotatable bonds is 3. The zero-order valence-electron chi connectivity index (χ0n) is 10.9. The molecule has 0 aliphatic carbocycles. The molecule has 1 aromatic carbocycles. The number of likely N-dealkylation sites (tertiary alicyclic amines) is 1. The van der Waals surface area contributed by atoms with E-state index in [-0.39, 0.29) is 18.0 Å². The number of amides is 1. The second-order valence-corrected chi connectivity index (χ2v) is 5.72. The molecule has 2 unspecified atom stereocenters. The summed E-state index contributed by atoms with van der Waals surface area (Å²) in [5, 5.41) is 1.02. The molecule has 2 N–H and O–H groups in total. The minimum atomic E-state index is -0.101. The molecule has 1 heterocycles. The summed E-state index contributed by atoms with van der Waals surface area (Å²) in [4.78, 5) is 13.9. The van der Waals surface area contributed by atoms with Gasteiger partial charge in [-0.3, -0.25) is 4.79 Å². The van der Waals surface area contributed by atoms with Crippen molar-refractivity contribution in [3.05, 3.63) is 33.8 Å². The fourth-order valence-corrected chi connectivity index (χ4v) is 2.91. The molecule has 2 rings (SSSR count). The molecule has 104 valence electrons. The molecule has 0 radical (unpaired) electrons. The monoisotopic (exact) mass is 300 g/mol. The molecular weight excluding hydrogens is 283 g/mol. The van der Waals surface area contributed by atoms with Crippen LogP contribution in [0.3, 0.4) is 0 Å². The Hall–Kier alpha value is -0.770. The van der Waals surface area contributed by atoms with E-state index in [2.05, 4.69) is 6.92 Å². The average Bonchev–Trinajstić information content (AvgIpc) is 2.38. The Morgan fingerprint density at radius 1 is 1.37 bits per heavy atom. The predicted octanol–water partition coefficient (Wildman–Crippen LogP) is 3.39. The molecule has 0 aromatic heterocycles. The van der Waals surface area contributed by atoms with Gasteiger partial charge in [0.1, 0.15) is 0 Å². The van der Waals surface area contributed by atoms with Crippen molar-refractivity contribution in [3.63, 3.8) is 0 Å². The fourth-order valence-electron chi connectivity index (χ4n) is 2.61. The van der Waals surface area contributed by atoms with E-state index in [4.69, 9.17) is 28.9 Å². The quantitative estimate of drug-likeness (QED) is 0.930. The number of benzene rings is 1. The summed E-state index contributed by atoms with van der Waals surface area (Å²) in [6, 6.07) is 5.32. The maximum Gasteiger partial charge on any atom is 0.223 e. The Balaban J connectivity index is 2.36. The lowest BCUT2D eigenvalue weighted by Gasteiger charge is -2.40. The van der Waals surface area contributed by atoms with Gasteiger partial charge in [-0.25, -0.2) is 0 Å². The second-order valence-electron chi connectivity index (χ2n) is 4.91. The summed E-state index contributed by atoms with van der Waals surface area (Å²) in [6.07, 6.45) is 2.15.